The average molecular weight is 303 g/mol. The summed E-state index contributed by atoms with van der Waals surface area (Å²) in [5.41, 5.74) is 4.14. The van der Waals surface area contributed by atoms with E-state index in [-0.39, 0.29) is 0 Å². The van der Waals surface area contributed by atoms with E-state index in [1.807, 2.05) is 23.1 Å². The largest absolute Gasteiger partial charge is 0.305 e. The van der Waals surface area contributed by atoms with Gasteiger partial charge in [-0.1, -0.05) is 6.92 Å². The van der Waals surface area contributed by atoms with E-state index in [1.165, 1.54) is 41.8 Å². The van der Waals surface area contributed by atoms with E-state index >= 15 is 0 Å². The molecule has 0 aliphatic heterocycles. The molecule has 3 rings (SSSR count). The van der Waals surface area contributed by atoms with Crippen molar-refractivity contribution < 1.29 is 0 Å². The van der Waals surface area contributed by atoms with Crippen LogP contribution in [0.15, 0.2) is 12.3 Å². The number of fused-ring (bicyclic) bond motifs is 1. The topological polar surface area (TPSA) is 29.9 Å². The third-order valence-electron chi connectivity index (χ3n) is 4.37. The van der Waals surface area contributed by atoms with Crippen LogP contribution in [0.1, 0.15) is 59.3 Å². The summed E-state index contributed by atoms with van der Waals surface area (Å²) in [6.45, 7) is 5.35. The molecule has 4 heteroatoms. The van der Waals surface area contributed by atoms with Crippen LogP contribution < -0.4 is 5.32 Å². The molecule has 0 amide bonds. The van der Waals surface area contributed by atoms with Crippen LogP contribution in [0, 0.1) is 0 Å². The Hall–Kier alpha value is -1.13. The molecule has 2 aromatic heterocycles. The van der Waals surface area contributed by atoms with Gasteiger partial charge in [0.1, 0.15) is 0 Å². The van der Waals surface area contributed by atoms with E-state index in [0.29, 0.717) is 6.04 Å². The van der Waals surface area contributed by atoms with Crippen LogP contribution in [-0.2, 0) is 32.9 Å². The molecule has 1 unspecified atom stereocenters. The average Bonchev–Trinajstić information content (AvgIpc) is 3.07. The highest BCUT2D eigenvalue weighted by atomic mass is 32.1. The number of thiophene rings is 1. The standard InChI is InChI=1S/C17H25N3S/c1-4-15-14(11-20(3)19-15)10-18-12(2)17-9-13-7-5-6-8-16(13)21-17/h9,11-12,18H,4-8,10H2,1-3H3. The van der Waals surface area contributed by atoms with Crippen molar-refractivity contribution in [3.05, 3.63) is 38.8 Å². The third-order valence-corrected chi connectivity index (χ3v) is 5.79. The molecule has 3 nitrogen and oxygen atoms in total. The molecule has 0 saturated carbocycles. The summed E-state index contributed by atoms with van der Waals surface area (Å²) in [6.07, 6.45) is 8.43. The maximum absolute atomic E-state index is 4.51. The van der Waals surface area contributed by atoms with Crippen molar-refractivity contribution in [2.75, 3.05) is 0 Å². The van der Waals surface area contributed by atoms with Gasteiger partial charge in [0.2, 0.25) is 0 Å². The first-order chi connectivity index (χ1) is 10.2. The molecule has 0 bridgehead atoms. The Kier molecular flexibility index (Phi) is 4.45. The Balaban J connectivity index is 1.66. The summed E-state index contributed by atoms with van der Waals surface area (Å²) in [7, 11) is 2.00. The molecule has 114 valence electrons. The molecular weight excluding hydrogens is 278 g/mol. The highest BCUT2D eigenvalue weighted by Gasteiger charge is 2.17. The molecular formula is C17H25N3S. The molecule has 1 aliphatic rings. The molecule has 1 aliphatic carbocycles. The van der Waals surface area contributed by atoms with Crippen molar-refractivity contribution in [3.63, 3.8) is 0 Å². The van der Waals surface area contributed by atoms with Gasteiger partial charge in [-0.3, -0.25) is 4.68 Å². The van der Waals surface area contributed by atoms with Crippen molar-refractivity contribution in [2.45, 2.75) is 58.5 Å². The molecule has 0 fully saturated rings. The molecule has 1 atom stereocenters. The summed E-state index contributed by atoms with van der Waals surface area (Å²) >= 11 is 2.01. The SMILES string of the molecule is CCc1nn(C)cc1CNC(C)c1cc2c(s1)CCCC2. The predicted octanol–water partition coefficient (Wildman–Crippen LogP) is 3.77. The normalized spacial score (nSPS) is 16.0. The van der Waals surface area contributed by atoms with Crippen LogP contribution >= 0.6 is 11.3 Å². The number of hydrogen-bond acceptors (Lipinski definition) is 3. The van der Waals surface area contributed by atoms with Crippen molar-refractivity contribution in [1.29, 1.82) is 0 Å². The van der Waals surface area contributed by atoms with Crippen LogP contribution in [0.2, 0.25) is 0 Å². The lowest BCUT2D eigenvalue weighted by molar-refractivity contribution is 0.580. The van der Waals surface area contributed by atoms with Gasteiger partial charge in [0.25, 0.3) is 0 Å². The predicted molar refractivity (Wildman–Crippen MR) is 88.8 cm³/mol. The number of aryl methyl sites for hydroxylation is 4. The summed E-state index contributed by atoms with van der Waals surface area (Å²) < 4.78 is 1.92. The smallest absolute Gasteiger partial charge is 0.0666 e. The van der Waals surface area contributed by atoms with Crippen LogP contribution in [0.5, 0.6) is 0 Å². The van der Waals surface area contributed by atoms with E-state index in [2.05, 4.69) is 36.5 Å². The number of nitrogens with one attached hydrogen (secondary N) is 1. The lowest BCUT2D eigenvalue weighted by Crippen LogP contribution is -2.17. The van der Waals surface area contributed by atoms with Crippen LogP contribution in [0.3, 0.4) is 0 Å². The lowest BCUT2D eigenvalue weighted by Gasteiger charge is -2.11. The molecule has 0 spiro atoms. The van der Waals surface area contributed by atoms with E-state index in [4.69, 9.17) is 0 Å². The molecule has 1 N–H and O–H groups in total. The van der Waals surface area contributed by atoms with Crippen molar-refractivity contribution in [1.82, 2.24) is 15.1 Å². The fraction of sp³-hybridized carbons (Fsp3) is 0.588. The Morgan fingerprint density at radius 2 is 2.19 bits per heavy atom. The van der Waals surface area contributed by atoms with Crippen molar-refractivity contribution in [2.24, 2.45) is 7.05 Å². The van der Waals surface area contributed by atoms with Gasteiger partial charge in [0, 0.05) is 41.1 Å². The second-order valence-corrected chi connectivity index (χ2v) is 7.20. The number of nitrogens with zero attached hydrogens (tertiary/aromatic N) is 2. The molecule has 0 saturated heterocycles. The second-order valence-electron chi connectivity index (χ2n) is 6.04. The first-order valence-corrected chi connectivity index (χ1v) is 8.85. The maximum atomic E-state index is 4.51. The van der Waals surface area contributed by atoms with Crippen LogP contribution in [0.25, 0.3) is 0 Å². The number of rotatable bonds is 5. The lowest BCUT2D eigenvalue weighted by atomic mass is 9.99. The van der Waals surface area contributed by atoms with Gasteiger partial charge >= 0.3 is 0 Å². The summed E-state index contributed by atoms with van der Waals surface area (Å²) in [6, 6.07) is 2.85. The van der Waals surface area contributed by atoms with Gasteiger partial charge in [-0.2, -0.15) is 5.10 Å². The van der Waals surface area contributed by atoms with E-state index in [1.54, 1.807) is 10.4 Å². The summed E-state index contributed by atoms with van der Waals surface area (Å²) in [4.78, 5) is 3.12. The highest BCUT2D eigenvalue weighted by molar-refractivity contribution is 7.12. The molecule has 0 radical (unpaired) electrons. The van der Waals surface area contributed by atoms with Gasteiger partial charge in [-0.25, -0.2) is 0 Å². The molecule has 2 heterocycles. The fourth-order valence-corrected chi connectivity index (χ4v) is 4.40. The molecule has 0 aromatic carbocycles. The van der Waals surface area contributed by atoms with Crippen molar-refractivity contribution >= 4 is 11.3 Å². The quantitative estimate of drug-likeness (QED) is 0.911. The Labute approximate surface area is 131 Å². The monoisotopic (exact) mass is 303 g/mol. The minimum absolute atomic E-state index is 0.422. The Morgan fingerprint density at radius 3 is 2.95 bits per heavy atom. The molecule has 21 heavy (non-hydrogen) atoms. The zero-order chi connectivity index (χ0) is 14.8. The first-order valence-electron chi connectivity index (χ1n) is 8.03. The minimum Gasteiger partial charge on any atom is -0.305 e. The van der Waals surface area contributed by atoms with E-state index in [9.17, 15) is 0 Å². The van der Waals surface area contributed by atoms with Gasteiger partial charge in [-0.05, 0) is 50.7 Å². The van der Waals surface area contributed by atoms with Gasteiger partial charge in [0.15, 0.2) is 0 Å². The second kappa shape index (κ2) is 6.32. The van der Waals surface area contributed by atoms with E-state index in [0.717, 1.165) is 13.0 Å². The third kappa shape index (κ3) is 3.22. The zero-order valence-electron chi connectivity index (χ0n) is 13.3. The Bertz CT molecular complexity index is 588. The van der Waals surface area contributed by atoms with Gasteiger partial charge in [0.05, 0.1) is 5.69 Å². The summed E-state index contributed by atoms with van der Waals surface area (Å²) in [5, 5.41) is 8.18. The van der Waals surface area contributed by atoms with Gasteiger partial charge < -0.3 is 5.32 Å². The maximum Gasteiger partial charge on any atom is 0.0666 e. The summed E-state index contributed by atoms with van der Waals surface area (Å²) in [5.74, 6) is 0. The van der Waals surface area contributed by atoms with Crippen LogP contribution in [0.4, 0.5) is 0 Å². The Morgan fingerprint density at radius 1 is 1.38 bits per heavy atom. The van der Waals surface area contributed by atoms with Gasteiger partial charge in [-0.15, -0.1) is 11.3 Å². The highest BCUT2D eigenvalue weighted by Crippen LogP contribution is 2.32. The fourth-order valence-electron chi connectivity index (χ4n) is 3.12. The molecule has 2 aromatic rings. The first kappa shape index (κ1) is 14.8. The number of hydrogen-bond donors (Lipinski definition) is 1. The minimum atomic E-state index is 0.422. The van der Waals surface area contributed by atoms with Crippen molar-refractivity contribution in [3.8, 4) is 0 Å². The van der Waals surface area contributed by atoms with E-state index < -0.39 is 0 Å². The zero-order valence-corrected chi connectivity index (χ0v) is 14.1. The number of aromatic nitrogens is 2. The van der Waals surface area contributed by atoms with Crippen LogP contribution in [-0.4, -0.2) is 9.78 Å².